The summed E-state index contributed by atoms with van der Waals surface area (Å²) in [5.74, 6) is -0.0161. The Hall–Kier alpha value is -1.54. The normalized spacial score (nSPS) is 20.1. The van der Waals surface area contributed by atoms with Crippen molar-refractivity contribution in [3.8, 4) is 0 Å². The molecule has 1 N–H and O–H groups in total. The van der Waals surface area contributed by atoms with Gasteiger partial charge >= 0.3 is 0 Å². The van der Waals surface area contributed by atoms with Gasteiger partial charge in [-0.1, -0.05) is 6.42 Å². The molecule has 104 valence electrons. The first-order valence-corrected chi connectivity index (χ1v) is 7.71. The summed E-state index contributed by atoms with van der Waals surface area (Å²) in [7, 11) is -3.50. The second kappa shape index (κ2) is 5.62. The van der Waals surface area contributed by atoms with Gasteiger partial charge in [0.15, 0.2) is 14.9 Å². The lowest BCUT2D eigenvalue weighted by molar-refractivity contribution is -0.385. The maximum absolute atomic E-state index is 12.1. The van der Waals surface area contributed by atoms with Crippen LogP contribution in [0, 0.1) is 10.1 Å². The zero-order valence-electron chi connectivity index (χ0n) is 10.3. The third-order valence-corrected chi connectivity index (χ3v) is 4.80. The topological polar surface area (TPSA) is 102 Å². The van der Waals surface area contributed by atoms with Gasteiger partial charge in [0.1, 0.15) is 6.20 Å². The minimum atomic E-state index is -3.50. The van der Waals surface area contributed by atoms with Crippen molar-refractivity contribution >= 4 is 15.5 Å². The van der Waals surface area contributed by atoms with Crippen molar-refractivity contribution in [3.63, 3.8) is 0 Å². The monoisotopic (exact) mass is 285 g/mol. The molecule has 1 aromatic heterocycles. The Balaban J connectivity index is 2.12. The molecular weight excluding hydrogens is 270 g/mol. The highest BCUT2D eigenvalue weighted by Gasteiger charge is 2.24. The Morgan fingerprint density at radius 3 is 2.74 bits per heavy atom. The molecule has 1 fully saturated rings. The number of nitrogens with zero attached hydrogens (tertiary/aromatic N) is 2. The molecule has 0 aliphatic carbocycles. The predicted molar refractivity (Wildman–Crippen MR) is 68.6 cm³/mol. The van der Waals surface area contributed by atoms with Crippen LogP contribution in [0.15, 0.2) is 23.4 Å². The fraction of sp³-hybridized carbons (Fsp3) is 0.545. The fourth-order valence-corrected chi connectivity index (χ4v) is 3.55. The minimum Gasteiger partial charge on any atom is -0.313 e. The predicted octanol–water partition coefficient (Wildman–Crippen LogP) is 0.906. The van der Waals surface area contributed by atoms with Crippen molar-refractivity contribution in [1.29, 1.82) is 0 Å². The number of piperidine rings is 1. The molecule has 1 aliphatic rings. The highest BCUT2D eigenvalue weighted by atomic mass is 32.2. The van der Waals surface area contributed by atoms with Crippen LogP contribution in [0.1, 0.15) is 19.3 Å². The number of sulfone groups is 1. The summed E-state index contributed by atoms with van der Waals surface area (Å²) in [4.78, 5) is 13.6. The average Bonchev–Trinajstić information content (AvgIpc) is 2.39. The van der Waals surface area contributed by atoms with Crippen LogP contribution >= 0.6 is 0 Å². The Morgan fingerprint density at radius 2 is 2.21 bits per heavy atom. The van der Waals surface area contributed by atoms with Crippen molar-refractivity contribution in [1.82, 2.24) is 10.3 Å². The fourth-order valence-electron chi connectivity index (χ4n) is 2.08. The third-order valence-electron chi connectivity index (χ3n) is 3.08. The lowest BCUT2D eigenvalue weighted by Gasteiger charge is -2.22. The zero-order valence-corrected chi connectivity index (χ0v) is 11.1. The molecule has 19 heavy (non-hydrogen) atoms. The molecule has 1 unspecified atom stereocenters. The van der Waals surface area contributed by atoms with E-state index >= 15 is 0 Å². The first kappa shape index (κ1) is 13.9. The number of pyridine rings is 1. The van der Waals surface area contributed by atoms with Gasteiger partial charge in [0.2, 0.25) is 0 Å². The van der Waals surface area contributed by atoms with Crippen LogP contribution in [-0.2, 0) is 9.84 Å². The minimum absolute atomic E-state index is 0.0161. The van der Waals surface area contributed by atoms with Crippen LogP contribution in [0.2, 0.25) is 0 Å². The standard InChI is InChI=1S/C11H15N3O4S/c15-14(16)10-4-5-11(13-7-10)19(17,18)8-9-3-1-2-6-12-9/h4-5,7,9,12H,1-3,6,8H2. The lowest BCUT2D eigenvalue weighted by Crippen LogP contribution is -2.39. The molecule has 1 aliphatic heterocycles. The highest BCUT2D eigenvalue weighted by molar-refractivity contribution is 7.91. The molecule has 0 spiro atoms. The Labute approximate surface area is 111 Å². The number of rotatable bonds is 4. The van der Waals surface area contributed by atoms with Gasteiger partial charge in [-0.2, -0.15) is 0 Å². The molecule has 0 saturated carbocycles. The summed E-state index contributed by atoms with van der Waals surface area (Å²) in [5, 5.41) is 13.5. The van der Waals surface area contributed by atoms with Crippen molar-refractivity contribution in [2.75, 3.05) is 12.3 Å². The van der Waals surface area contributed by atoms with Crippen LogP contribution in [0.25, 0.3) is 0 Å². The van der Waals surface area contributed by atoms with Crippen LogP contribution in [0.5, 0.6) is 0 Å². The first-order valence-electron chi connectivity index (χ1n) is 6.05. The molecule has 1 saturated heterocycles. The molecule has 0 radical (unpaired) electrons. The van der Waals surface area contributed by atoms with Crippen LogP contribution in [0.4, 0.5) is 5.69 Å². The summed E-state index contributed by atoms with van der Waals surface area (Å²) in [6.45, 7) is 0.827. The van der Waals surface area contributed by atoms with Crippen molar-refractivity contribution in [2.45, 2.75) is 30.3 Å². The van der Waals surface area contributed by atoms with Crippen molar-refractivity contribution in [3.05, 3.63) is 28.4 Å². The van der Waals surface area contributed by atoms with E-state index in [1.165, 1.54) is 6.07 Å². The summed E-state index contributed by atoms with van der Waals surface area (Å²) < 4.78 is 24.2. The number of aromatic nitrogens is 1. The molecule has 8 heteroatoms. The number of nitrogens with one attached hydrogen (secondary N) is 1. The van der Waals surface area contributed by atoms with Crippen LogP contribution in [0.3, 0.4) is 0 Å². The zero-order chi connectivity index (χ0) is 13.9. The van der Waals surface area contributed by atoms with Crippen molar-refractivity contribution in [2.24, 2.45) is 0 Å². The van der Waals surface area contributed by atoms with E-state index in [-0.39, 0.29) is 22.5 Å². The number of hydrogen-bond acceptors (Lipinski definition) is 6. The molecule has 0 aromatic carbocycles. The molecule has 0 bridgehead atoms. The smallest absolute Gasteiger partial charge is 0.287 e. The van der Waals surface area contributed by atoms with E-state index in [1.807, 2.05) is 0 Å². The maximum atomic E-state index is 12.1. The van der Waals surface area contributed by atoms with Crippen LogP contribution in [-0.4, -0.2) is 36.7 Å². The van der Waals surface area contributed by atoms with Crippen LogP contribution < -0.4 is 5.32 Å². The van der Waals surface area contributed by atoms with Gasteiger partial charge in [-0.15, -0.1) is 0 Å². The Bertz CT molecular complexity index is 550. The summed E-state index contributed by atoms with van der Waals surface area (Å²) in [5.41, 5.74) is -0.213. The van der Waals surface area contributed by atoms with Gasteiger partial charge in [-0.3, -0.25) is 10.1 Å². The summed E-state index contributed by atoms with van der Waals surface area (Å²) in [6, 6.07) is 2.29. The Kier molecular flexibility index (Phi) is 4.11. The van der Waals surface area contributed by atoms with E-state index in [9.17, 15) is 18.5 Å². The summed E-state index contributed by atoms with van der Waals surface area (Å²) >= 11 is 0. The molecule has 2 rings (SSSR count). The number of hydrogen-bond donors (Lipinski definition) is 1. The van der Waals surface area contributed by atoms with E-state index < -0.39 is 14.8 Å². The average molecular weight is 285 g/mol. The largest absolute Gasteiger partial charge is 0.313 e. The molecule has 2 heterocycles. The third kappa shape index (κ3) is 3.48. The molecule has 7 nitrogen and oxygen atoms in total. The number of nitro groups is 1. The van der Waals surface area contributed by atoms with Gasteiger partial charge in [-0.25, -0.2) is 13.4 Å². The van der Waals surface area contributed by atoms with E-state index in [2.05, 4.69) is 10.3 Å². The van der Waals surface area contributed by atoms with Gasteiger partial charge in [0.05, 0.1) is 10.7 Å². The maximum Gasteiger partial charge on any atom is 0.287 e. The second-order valence-corrected chi connectivity index (χ2v) is 6.52. The van der Waals surface area contributed by atoms with Gasteiger partial charge in [0, 0.05) is 12.1 Å². The van der Waals surface area contributed by atoms with Crippen molar-refractivity contribution < 1.29 is 13.3 Å². The molecule has 1 atom stereocenters. The van der Waals surface area contributed by atoms with E-state index in [0.717, 1.165) is 38.1 Å². The highest BCUT2D eigenvalue weighted by Crippen LogP contribution is 2.16. The first-order chi connectivity index (χ1) is 8.99. The molecule has 1 aromatic rings. The van der Waals surface area contributed by atoms with E-state index in [4.69, 9.17) is 0 Å². The quantitative estimate of drug-likeness (QED) is 0.651. The van der Waals surface area contributed by atoms with Gasteiger partial charge in [-0.05, 0) is 25.5 Å². The van der Waals surface area contributed by atoms with E-state index in [0.29, 0.717) is 0 Å². The second-order valence-electron chi connectivity index (χ2n) is 4.54. The van der Waals surface area contributed by atoms with E-state index in [1.54, 1.807) is 0 Å². The SMILES string of the molecule is O=[N+]([O-])c1ccc(S(=O)(=O)CC2CCCCN2)nc1. The molecular formula is C11H15N3O4S. The van der Waals surface area contributed by atoms with Gasteiger partial charge < -0.3 is 5.32 Å². The summed E-state index contributed by atoms with van der Waals surface area (Å²) in [6.07, 6.45) is 3.88. The molecule has 0 amide bonds. The Morgan fingerprint density at radius 1 is 1.42 bits per heavy atom. The lowest BCUT2D eigenvalue weighted by atomic mass is 10.1. The van der Waals surface area contributed by atoms with Gasteiger partial charge in [0.25, 0.3) is 5.69 Å².